The van der Waals surface area contributed by atoms with Crippen molar-refractivity contribution in [2.24, 2.45) is 0 Å². The van der Waals surface area contributed by atoms with Gasteiger partial charge >= 0.3 is 6.03 Å². The SMILES string of the molecule is O=C(Nc1ccc(Br)c(Cl)c1Cl)n1ccnc1. The number of imidazole rings is 1. The van der Waals surface area contributed by atoms with Gasteiger partial charge in [-0.25, -0.2) is 9.78 Å². The quantitative estimate of drug-likeness (QED) is 0.800. The Balaban J connectivity index is 2.25. The first-order valence-electron chi connectivity index (χ1n) is 4.52. The minimum absolute atomic E-state index is 0.287. The molecule has 0 fully saturated rings. The van der Waals surface area contributed by atoms with E-state index in [1.807, 2.05) is 0 Å². The second kappa shape index (κ2) is 5.08. The average Bonchev–Trinajstić information content (AvgIpc) is 2.83. The maximum atomic E-state index is 11.7. The van der Waals surface area contributed by atoms with Crippen molar-refractivity contribution in [3.63, 3.8) is 0 Å². The minimum Gasteiger partial charge on any atom is -0.306 e. The molecule has 1 aromatic carbocycles. The van der Waals surface area contributed by atoms with E-state index in [9.17, 15) is 4.79 Å². The Labute approximate surface area is 116 Å². The van der Waals surface area contributed by atoms with Gasteiger partial charge in [-0.15, -0.1) is 0 Å². The first kappa shape index (κ1) is 12.4. The van der Waals surface area contributed by atoms with E-state index in [1.54, 1.807) is 12.1 Å². The van der Waals surface area contributed by atoms with Crippen LogP contribution in [0.1, 0.15) is 0 Å². The number of anilines is 1. The zero-order chi connectivity index (χ0) is 12.4. The number of halogens is 3. The van der Waals surface area contributed by atoms with Crippen molar-refractivity contribution in [3.05, 3.63) is 45.4 Å². The molecule has 0 saturated carbocycles. The monoisotopic (exact) mass is 333 g/mol. The molecule has 0 saturated heterocycles. The van der Waals surface area contributed by atoms with Crippen LogP contribution in [-0.2, 0) is 0 Å². The largest absolute Gasteiger partial charge is 0.331 e. The Hall–Kier alpha value is -1.04. The fourth-order valence-electron chi connectivity index (χ4n) is 1.18. The van der Waals surface area contributed by atoms with Crippen LogP contribution in [-0.4, -0.2) is 15.6 Å². The topological polar surface area (TPSA) is 46.9 Å². The number of aromatic nitrogens is 2. The molecular formula is C10H6BrCl2N3O. The van der Waals surface area contributed by atoms with Crippen molar-refractivity contribution >= 4 is 50.9 Å². The number of carbonyl (C=O) groups is 1. The smallest absolute Gasteiger partial charge is 0.306 e. The van der Waals surface area contributed by atoms with Crippen LogP contribution in [0.15, 0.2) is 35.3 Å². The molecule has 0 aliphatic carbocycles. The van der Waals surface area contributed by atoms with Crippen molar-refractivity contribution in [2.75, 3.05) is 5.32 Å². The highest BCUT2D eigenvalue weighted by Gasteiger charge is 2.11. The van der Waals surface area contributed by atoms with Crippen LogP contribution in [0.4, 0.5) is 10.5 Å². The van der Waals surface area contributed by atoms with E-state index in [2.05, 4.69) is 26.2 Å². The molecule has 4 nitrogen and oxygen atoms in total. The lowest BCUT2D eigenvalue weighted by Crippen LogP contribution is -2.18. The summed E-state index contributed by atoms with van der Waals surface area (Å²) in [6.07, 6.45) is 4.43. The molecule has 0 bridgehead atoms. The van der Waals surface area contributed by atoms with Gasteiger partial charge in [0.25, 0.3) is 0 Å². The third-order valence-corrected chi connectivity index (χ3v) is 3.79. The minimum atomic E-state index is -0.359. The molecule has 0 unspecified atom stereocenters. The van der Waals surface area contributed by atoms with E-state index in [-0.39, 0.29) is 11.1 Å². The van der Waals surface area contributed by atoms with Crippen molar-refractivity contribution < 1.29 is 4.79 Å². The van der Waals surface area contributed by atoms with E-state index in [1.165, 1.54) is 23.3 Å². The van der Waals surface area contributed by atoms with Gasteiger partial charge in [0.2, 0.25) is 0 Å². The fraction of sp³-hybridized carbons (Fsp3) is 0. The van der Waals surface area contributed by atoms with Gasteiger partial charge in [0, 0.05) is 16.9 Å². The molecule has 88 valence electrons. The van der Waals surface area contributed by atoms with Crippen LogP contribution in [0.3, 0.4) is 0 Å². The molecule has 2 aromatic rings. The number of nitrogens with one attached hydrogen (secondary N) is 1. The summed E-state index contributed by atoms with van der Waals surface area (Å²) < 4.78 is 1.97. The summed E-state index contributed by atoms with van der Waals surface area (Å²) >= 11 is 15.2. The molecule has 0 aliphatic rings. The lowest BCUT2D eigenvalue weighted by molar-refractivity contribution is 0.253. The van der Waals surface area contributed by atoms with E-state index in [0.717, 1.165) is 0 Å². The second-order valence-electron chi connectivity index (χ2n) is 3.12. The maximum absolute atomic E-state index is 11.7. The molecule has 0 aliphatic heterocycles. The predicted molar refractivity (Wildman–Crippen MR) is 70.8 cm³/mol. The number of amides is 1. The highest BCUT2D eigenvalue weighted by atomic mass is 79.9. The van der Waals surface area contributed by atoms with Crippen molar-refractivity contribution in [1.29, 1.82) is 0 Å². The Kier molecular flexibility index (Phi) is 3.71. The van der Waals surface area contributed by atoms with Gasteiger partial charge in [0.1, 0.15) is 6.33 Å². The summed E-state index contributed by atoms with van der Waals surface area (Å²) in [5.41, 5.74) is 0.443. The molecule has 2 rings (SSSR count). The average molecular weight is 335 g/mol. The van der Waals surface area contributed by atoms with Gasteiger partial charge in [-0.2, -0.15) is 0 Å². The van der Waals surface area contributed by atoms with E-state index < -0.39 is 0 Å². The zero-order valence-electron chi connectivity index (χ0n) is 8.32. The third kappa shape index (κ3) is 2.62. The Morgan fingerprint density at radius 3 is 2.76 bits per heavy atom. The lowest BCUT2D eigenvalue weighted by atomic mass is 10.3. The molecular weight excluding hydrogens is 329 g/mol. The second-order valence-corrected chi connectivity index (χ2v) is 4.73. The van der Waals surface area contributed by atoms with Crippen LogP contribution in [0.5, 0.6) is 0 Å². The Morgan fingerprint density at radius 2 is 2.12 bits per heavy atom. The van der Waals surface area contributed by atoms with E-state index in [4.69, 9.17) is 23.2 Å². The van der Waals surface area contributed by atoms with Crippen LogP contribution in [0, 0.1) is 0 Å². The number of carbonyl (C=O) groups excluding carboxylic acids is 1. The van der Waals surface area contributed by atoms with Gasteiger partial charge in [-0.3, -0.25) is 4.57 Å². The normalized spacial score (nSPS) is 10.3. The highest BCUT2D eigenvalue weighted by Crippen LogP contribution is 2.35. The molecule has 1 amide bonds. The Morgan fingerprint density at radius 1 is 1.35 bits per heavy atom. The van der Waals surface area contributed by atoms with Crippen molar-refractivity contribution in [3.8, 4) is 0 Å². The molecule has 0 radical (unpaired) electrons. The van der Waals surface area contributed by atoms with E-state index >= 15 is 0 Å². The van der Waals surface area contributed by atoms with Crippen LogP contribution < -0.4 is 5.32 Å². The fourth-order valence-corrected chi connectivity index (χ4v) is 2.00. The van der Waals surface area contributed by atoms with Crippen molar-refractivity contribution in [1.82, 2.24) is 9.55 Å². The molecule has 17 heavy (non-hydrogen) atoms. The molecule has 7 heteroatoms. The molecule has 1 aromatic heterocycles. The first-order chi connectivity index (χ1) is 8.09. The summed E-state index contributed by atoms with van der Waals surface area (Å²) in [7, 11) is 0. The number of rotatable bonds is 1. The number of benzene rings is 1. The molecule has 0 atom stereocenters. The zero-order valence-corrected chi connectivity index (χ0v) is 11.4. The van der Waals surface area contributed by atoms with Crippen LogP contribution in [0.2, 0.25) is 10.0 Å². The van der Waals surface area contributed by atoms with Crippen molar-refractivity contribution in [2.45, 2.75) is 0 Å². The lowest BCUT2D eigenvalue weighted by Gasteiger charge is -2.09. The molecule has 1 heterocycles. The molecule has 1 N–H and O–H groups in total. The van der Waals surface area contributed by atoms with Gasteiger partial charge in [-0.1, -0.05) is 23.2 Å². The first-order valence-corrected chi connectivity index (χ1v) is 6.07. The number of hydrogen-bond acceptors (Lipinski definition) is 2. The van der Waals surface area contributed by atoms with E-state index in [0.29, 0.717) is 15.2 Å². The summed E-state index contributed by atoms with van der Waals surface area (Å²) in [4.78, 5) is 15.5. The summed E-state index contributed by atoms with van der Waals surface area (Å²) in [5.74, 6) is 0. The predicted octanol–water partition coefficient (Wildman–Crippen LogP) is 4.03. The van der Waals surface area contributed by atoms with Gasteiger partial charge in [-0.05, 0) is 28.1 Å². The highest BCUT2D eigenvalue weighted by molar-refractivity contribution is 9.10. The maximum Gasteiger partial charge on any atom is 0.331 e. The summed E-state index contributed by atoms with van der Waals surface area (Å²) in [6.45, 7) is 0. The van der Waals surface area contributed by atoms with Gasteiger partial charge < -0.3 is 5.32 Å². The number of nitrogens with zero attached hydrogens (tertiary/aromatic N) is 2. The number of hydrogen-bond donors (Lipinski definition) is 1. The summed E-state index contributed by atoms with van der Waals surface area (Å²) in [5, 5.41) is 3.27. The molecule has 0 spiro atoms. The van der Waals surface area contributed by atoms with Crippen LogP contribution in [0.25, 0.3) is 0 Å². The van der Waals surface area contributed by atoms with Crippen LogP contribution >= 0.6 is 39.1 Å². The van der Waals surface area contributed by atoms with Gasteiger partial charge in [0.15, 0.2) is 0 Å². The summed E-state index contributed by atoms with van der Waals surface area (Å²) in [6, 6.07) is 3.01. The standard InChI is InChI=1S/C10H6BrCl2N3O/c11-6-1-2-7(9(13)8(6)12)15-10(17)16-4-3-14-5-16/h1-5H,(H,15,17). The third-order valence-electron chi connectivity index (χ3n) is 2.02. The Bertz CT molecular complexity index is 557. The van der Waals surface area contributed by atoms with Gasteiger partial charge in [0.05, 0.1) is 15.7 Å².